The number of amides is 2. The van der Waals surface area contributed by atoms with E-state index in [9.17, 15) is 4.79 Å². The molecule has 0 bridgehead atoms. The van der Waals surface area contributed by atoms with Gasteiger partial charge in [0.2, 0.25) is 0 Å². The average molecular weight is 404 g/mol. The molecule has 0 radical (unpaired) electrons. The van der Waals surface area contributed by atoms with Crippen LogP contribution in [0, 0.1) is 6.92 Å². The Morgan fingerprint density at radius 3 is 2.93 bits per heavy atom. The minimum absolute atomic E-state index is 0.0264. The highest BCUT2D eigenvalue weighted by Crippen LogP contribution is 2.22. The molecule has 1 saturated heterocycles. The molecule has 0 aliphatic carbocycles. The first-order valence-corrected chi connectivity index (χ1v) is 9.68. The summed E-state index contributed by atoms with van der Waals surface area (Å²) in [6, 6.07) is 9.32. The van der Waals surface area contributed by atoms with Gasteiger partial charge in [-0.25, -0.2) is 4.79 Å². The fourth-order valence-corrected chi connectivity index (χ4v) is 3.61. The van der Waals surface area contributed by atoms with Gasteiger partial charge in [-0.05, 0) is 42.7 Å². The van der Waals surface area contributed by atoms with Crippen LogP contribution in [-0.2, 0) is 11.3 Å². The van der Waals surface area contributed by atoms with E-state index in [-0.39, 0.29) is 18.2 Å². The Bertz CT molecular complexity index is 804. The smallest absolute Gasteiger partial charge is 0.317 e. The van der Waals surface area contributed by atoms with Crippen LogP contribution in [0.2, 0.25) is 5.02 Å². The van der Waals surface area contributed by atoms with Crippen molar-refractivity contribution in [2.75, 3.05) is 32.1 Å². The second kappa shape index (κ2) is 9.21. The normalized spacial score (nSPS) is 19.4. The van der Waals surface area contributed by atoms with Crippen molar-refractivity contribution in [3.63, 3.8) is 0 Å². The van der Waals surface area contributed by atoms with E-state index in [4.69, 9.17) is 16.3 Å². The van der Waals surface area contributed by atoms with E-state index in [2.05, 4.69) is 20.4 Å². The molecule has 1 aromatic carbocycles. The number of nitrogens with zero attached hydrogens (tertiary/aromatic N) is 4. The number of rotatable bonds is 5. The lowest BCUT2D eigenvalue weighted by molar-refractivity contribution is 0.0229. The lowest BCUT2D eigenvalue weighted by atomic mass is 10.0. The first-order chi connectivity index (χ1) is 13.5. The van der Waals surface area contributed by atoms with Gasteiger partial charge >= 0.3 is 6.03 Å². The summed E-state index contributed by atoms with van der Waals surface area (Å²) >= 11 is 6.07. The maximum Gasteiger partial charge on any atom is 0.317 e. The highest BCUT2D eigenvalue weighted by molar-refractivity contribution is 6.31. The molecule has 2 aromatic rings. The Morgan fingerprint density at radius 1 is 1.43 bits per heavy atom. The van der Waals surface area contributed by atoms with Crippen molar-refractivity contribution >= 4 is 23.4 Å². The summed E-state index contributed by atoms with van der Waals surface area (Å²) in [6.07, 6.45) is 2.44. The Morgan fingerprint density at radius 2 is 2.25 bits per heavy atom. The monoisotopic (exact) mass is 403 g/mol. The van der Waals surface area contributed by atoms with E-state index in [0.717, 1.165) is 34.9 Å². The van der Waals surface area contributed by atoms with E-state index in [1.165, 1.54) is 0 Å². The molecule has 7 nitrogen and oxygen atoms in total. The predicted molar refractivity (Wildman–Crippen MR) is 110 cm³/mol. The first-order valence-electron chi connectivity index (χ1n) is 9.30. The van der Waals surface area contributed by atoms with Crippen molar-refractivity contribution in [1.82, 2.24) is 20.4 Å². The molecule has 0 saturated carbocycles. The quantitative estimate of drug-likeness (QED) is 0.831. The number of hydrogen-bond acceptors (Lipinski definition) is 5. The van der Waals surface area contributed by atoms with Gasteiger partial charge in [0.15, 0.2) is 5.82 Å². The van der Waals surface area contributed by atoms with Crippen molar-refractivity contribution in [3.05, 3.63) is 52.7 Å². The molecule has 1 aliphatic heterocycles. The molecule has 0 unspecified atom stereocenters. The van der Waals surface area contributed by atoms with E-state index < -0.39 is 0 Å². The molecule has 1 fully saturated rings. The number of urea groups is 1. The van der Waals surface area contributed by atoms with Gasteiger partial charge in [0.1, 0.15) is 0 Å². The van der Waals surface area contributed by atoms with Crippen LogP contribution in [0.25, 0.3) is 0 Å². The van der Waals surface area contributed by atoms with Crippen LogP contribution >= 0.6 is 11.6 Å². The molecule has 150 valence electrons. The van der Waals surface area contributed by atoms with Crippen LogP contribution < -0.4 is 10.2 Å². The molecule has 3 rings (SSSR count). The average Bonchev–Trinajstić information content (AvgIpc) is 2.74. The van der Waals surface area contributed by atoms with Crippen LogP contribution in [0.3, 0.4) is 0 Å². The van der Waals surface area contributed by atoms with E-state index in [1.807, 2.05) is 37.3 Å². The van der Waals surface area contributed by atoms with Crippen molar-refractivity contribution < 1.29 is 9.53 Å². The summed E-state index contributed by atoms with van der Waals surface area (Å²) in [5.74, 6) is 0.813. The third kappa shape index (κ3) is 4.72. The number of methoxy groups -OCH3 is 1. The zero-order chi connectivity index (χ0) is 20.1. The molecule has 2 amide bonds. The number of carbonyl (C=O) groups excluding carboxylic acids is 1. The van der Waals surface area contributed by atoms with Crippen molar-refractivity contribution in [2.24, 2.45) is 0 Å². The summed E-state index contributed by atoms with van der Waals surface area (Å²) in [5, 5.41) is 11.9. The van der Waals surface area contributed by atoms with Gasteiger partial charge in [-0.2, -0.15) is 5.10 Å². The van der Waals surface area contributed by atoms with E-state index in [0.29, 0.717) is 13.1 Å². The minimum atomic E-state index is -0.138. The van der Waals surface area contributed by atoms with Gasteiger partial charge in [-0.1, -0.05) is 23.7 Å². The molecule has 1 aromatic heterocycles. The summed E-state index contributed by atoms with van der Waals surface area (Å²) in [4.78, 5) is 16.6. The van der Waals surface area contributed by atoms with Gasteiger partial charge in [0.05, 0.1) is 12.1 Å². The predicted octanol–water partition coefficient (Wildman–Crippen LogP) is 2.87. The molecule has 1 N–H and O–H groups in total. The van der Waals surface area contributed by atoms with Crippen LogP contribution in [0.4, 0.5) is 10.6 Å². The fraction of sp³-hybridized carbons (Fsp3) is 0.450. The minimum Gasteiger partial charge on any atom is -0.379 e. The van der Waals surface area contributed by atoms with Crippen LogP contribution in [-0.4, -0.2) is 60.5 Å². The lowest BCUT2D eigenvalue weighted by Gasteiger charge is -2.42. The number of aromatic nitrogens is 2. The number of benzene rings is 1. The molecular formula is C20H26ClN5O2. The Labute approximate surface area is 170 Å². The number of piperidine rings is 1. The molecule has 2 heterocycles. The number of likely N-dealkylation sites (N-methyl/N-ethyl adjacent to an activating group) is 1. The summed E-state index contributed by atoms with van der Waals surface area (Å²) < 4.78 is 5.65. The Balaban J connectivity index is 1.64. The van der Waals surface area contributed by atoms with Crippen LogP contribution in [0.5, 0.6) is 0 Å². The second-order valence-electron chi connectivity index (χ2n) is 7.01. The van der Waals surface area contributed by atoms with Crippen molar-refractivity contribution in [1.29, 1.82) is 0 Å². The second-order valence-corrected chi connectivity index (χ2v) is 7.42. The number of carbonyl (C=O) groups is 1. The van der Waals surface area contributed by atoms with Gasteiger partial charge in [0.25, 0.3) is 0 Å². The molecule has 1 aliphatic rings. The third-order valence-corrected chi connectivity index (χ3v) is 5.61. The maximum absolute atomic E-state index is 12.8. The standard InChI is InChI=1S/C20H26ClN5O2/c1-14-11-15(6-7-16(14)21)12-22-20(27)25(2)17-13-26(10-8-18(17)28-3)19-5-4-9-23-24-19/h4-7,9,11,17-18H,8,10,12-13H2,1-3H3,(H,22,27)/t17-,18+/m1/s1. The number of halogens is 1. The molecule has 8 heteroatoms. The van der Waals surface area contributed by atoms with Gasteiger partial charge in [-0.3, -0.25) is 0 Å². The number of aryl methyl sites for hydroxylation is 1. The highest BCUT2D eigenvalue weighted by atomic mass is 35.5. The first kappa shape index (κ1) is 20.4. The Hall–Kier alpha value is -2.38. The van der Waals surface area contributed by atoms with Gasteiger partial charge < -0.3 is 19.9 Å². The summed E-state index contributed by atoms with van der Waals surface area (Å²) in [6.45, 7) is 3.85. The topological polar surface area (TPSA) is 70.6 Å². The molecule has 28 heavy (non-hydrogen) atoms. The fourth-order valence-electron chi connectivity index (χ4n) is 3.50. The maximum atomic E-state index is 12.8. The number of hydrogen-bond donors (Lipinski definition) is 1. The molecule has 2 atom stereocenters. The highest BCUT2D eigenvalue weighted by Gasteiger charge is 2.34. The van der Waals surface area contributed by atoms with Gasteiger partial charge in [0, 0.05) is 45.0 Å². The number of anilines is 1. The SMILES string of the molecule is CO[C@H]1CCN(c2cccnn2)C[C@H]1N(C)C(=O)NCc1ccc(Cl)c(C)c1. The third-order valence-electron chi connectivity index (χ3n) is 5.19. The van der Waals surface area contributed by atoms with Crippen LogP contribution in [0.1, 0.15) is 17.5 Å². The van der Waals surface area contributed by atoms with Gasteiger partial charge in [-0.15, -0.1) is 5.10 Å². The van der Waals surface area contributed by atoms with E-state index in [1.54, 1.807) is 25.3 Å². The zero-order valence-corrected chi connectivity index (χ0v) is 17.2. The number of nitrogens with one attached hydrogen (secondary N) is 1. The zero-order valence-electron chi connectivity index (χ0n) is 16.4. The largest absolute Gasteiger partial charge is 0.379 e. The van der Waals surface area contributed by atoms with Crippen molar-refractivity contribution in [2.45, 2.75) is 32.0 Å². The number of ether oxygens (including phenoxy) is 1. The molecular weight excluding hydrogens is 378 g/mol. The Kier molecular flexibility index (Phi) is 6.70. The van der Waals surface area contributed by atoms with Crippen LogP contribution in [0.15, 0.2) is 36.5 Å². The summed E-state index contributed by atoms with van der Waals surface area (Å²) in [5.41, 5.74) is 2.00. The molecule has 0 spiro atoms. The van der Waals surface area contributed by atoms with E-state index >= 15 is 0 Å². The van der Waals surface area contributed by atoms with Crippen molar-refractivity contribution in [3.8, 4) is 0 Å². The summed E-state index contributed by atoms with van der Waals surface area (Å²) in [7, 11) is 3.50. The lowest BCUT2D eigenvalue weighted by Crippen LogP contribution is -2.58.